The zero-order valence-corrected chi connectivity index (χ0v) is 23.3. The van der Waals surface area contributed by atoms with Gasteiger partial charge in [0.1, 0.15) is 6.61 Å². The van der Waals surface area contributed by atoms with Crippen molar-refractivity contribution in [2.24, 2.45) is 34.0 Å². The maximum atomic E-state index is 12.9. The lowest BCUT2D eigenvalue weighted by atomic mass is 9.41. The molecule has 8 heteroatoms. The van der Waals surface area contributed by atoms with E-state index in [9.17, 15) is 19.8 Å². The van der Waals surface area contributed by atoms with Gasteiger partial charge < -0.3 is 29.9 Å². The molecule has 0 aromatic heterocycles. The molecule has 0 radical (unpaired) electrons. The fraction of sp³-hybridized carbons (Fsp3) is 0.867. The quantitative estimate of drug-likeness (QED) is 0.473. The van der Waals surface area contributed by atoms with Crippen molar-refractivity contribution in [1.29, 1.82) is 0 Å². The molecule has 2 amide bonds. The number of morpholine rings is 1. The smallest absolute Gasteiger partial charge is 0.330 e. The second-order valence-electron chi connectivity index (χ2n) is 14.1. The maximum absolute atomic E-state index is 12.9. The highest BCUT2D eigenvalue weighted by Gasteiger charge is 2.71. The van der Waals surface area contributed by atoms with Crippen molar-refractivity contribution < 1.29 is 29.3 Å². The highest BCUT2D eigenvalue weighted by atomic mass is 16.5. The van der Waals surface area contributed by atoms with Crippen LogP contribution in [0.2, 0.25) is 0 Å². The van der Waals surface area contributed by atoms with Gasteiger partial charge in [0.2, 0.25) is 0 Å². The molecule has 212 valence electrons. The fourth-order valence-corrected chi connectivity index (χ4v) is 10.2. The van der Waals surface area contributed by atoms with E-state index in [4.69, 9.17) is 9.47 Å². The molecule has 9 atom stereocenters. The molecule has 0 spiro atoms. The molecule has 6 rings (SSSR count). The van der Waals surface area contributed by atoms with E-state index >= 15 is 0 Å². The first kappa shape index (κ1) is 26.6. The third-order valence-electron chi connectivity index (χ3n) is 12.5. The Labute approximate surface area is 226 Å². The van der Waals surface area contributed by atoms with Crippen LogP contribution in [0.4, 0.5) is 4.79 Å². The van der Waals surface area contributed by atoms with Crippen LogP contribution in [-0.2, 0) is 14.3 Å². The van der Waals surface area contributed by atoms with Crippen LogP contribution in [0.3, 0.4) is 0 Å². The minimum atomic E-state index is -0.843. The maximum Gasteiger partial charge on any atom is 0.330 e. The van der Waals surface area contributed by atoms with Crippen LogP contribution >= 0.6 is 0 Å². The lowest BCUT2D eigenvalue weighted by Crippen LogP contribution is -2.68. The third kappa shape index (κ3) is 3.72. The van der Waals surface area contributed by atoms with Gasteiger partial charge in [0, 0.05) is 36.0 Å². The first-order chi connectivity index (χ1) is 17.9. The molecule has 6 aliphatic rings. The zero-order valence-electron chi connectivity index (χ0n) is 23.3. The zero-order chi connectivity index (χ0) is 27.0. The Morgan fingerprint density at radius 3 is 2.39 bits per heavy atom. The van der Waals surface area contributed by atoms with E-state index in [2.05, 4.69) is 26.1 Å². The van der Waals surface area contributed by atoms with Gasteiger partial charge in [-0.15, -0.1) is 0 Å². The minimum absolute atomic E-state index is 0.0338. The molecule has 2 heterocycles. The van der Waals surface area contributed by atoms with Crippen LogP contribution < -0.4 is 5.32 Å². The Balaban J connectivity index is 1.20. The summed E-state index contributed by atoms with van der Waals surface area (Å²) in [5.41, 5.74) is -2.44. The molecule has 1 saturated heterocycles. The van der Waals surface area contributed by atoms with Gasteiger partial charge in [-0.2, -0.15) is 0 Å². The van der Waals surface area contributed by atoms with Crippen molar-refractivity contribution in [3.05, 3.63) is 12.2 Å². The Hall–Kier alpha value is -1.64. The molecule has 38 heavy (non-hydrogen) atoms. The number of carbonyl (C=O) groups is 2. The van der Waals surface area contributed by atoms with Crippen molar-refractivity contribution >= 4 is 12.0 Å². The van der Waals surface area contributed by atoms with Gasteiger partial charge in [-0.3, -0.25) is 0 Å². The van der Waals surface area contributed by atoms with Crippen molar-refractivity contribution in [3.63, 3.8) is 0 Å². The number of urea groups is 1. The summed E-state index contributed by atoms with van der Waals surface area (Å²) >= 11 is 0. The van der Waals surface area contributed by atoms with Crippen molar-refractivity contribution in [2.75, 3.05) is 32.9 Å². The van der Waals surface area contributed by atoms with Crippen molar-refractivity contribution in [1.82, 2.24) is 10.2 Å². The van der Waals surface area contributed by atoms with Crippen molar-refractivity contribution in [3.8, 4) is 0 Å². The van der Waals surface area contributed by atoms with E-state index in [0.29, 0.717) is 45.8 Å². The molecule has 2 aliphatic heterocycles. The second-order valence-corrected chi connectivity index (χ2v) is 14.1. The Kier molecular flexibility index (Phi) is 6.25. The Bertz CT molecular complexity index is 1010. The monoisotopic (exact) mass is 530 g/mol. The van der Waals surface area contributed by atoms with Crippen LogP contribution in [0.15, 0.2) is 12.2 Å². The summed E-state index contributed by atoms with van der Waals surface area (Å²) in [5.74, 6) is 0.363. The molecule has 5 fully saturated rings. The summed E-state index contributed by atoms with van der Waals surface area (Å²) in [7, 11) is 0. The summed E-state index contributed by atoms with van der Waals surface area (Å²) in [5, 5.41) is 27.9. The molecule has 0 aromatic carbocycles. The summed E-state index contributed by atoms with van der Waals surface area (Å²) in [4.78, 5) is 26.4. The largest absolute Gasteiger partial charge is 0.462 e. The van der Waals surface area contributed by atoms with Gasteiger partial charge in [-0.05, 0) is 81.0 Å². The first-order valence-corrected chi connectivity index (χ1v) is 14.9. The standard InChI is InChI=1S/C30H46N2O6/c1-26(9-8-24(33)38-19-26)23-7-13-30(36)22-6-12-29(35)18-20(31-25(34)32-14-16-37-17-15-32)4-10-27(29,2)21(22)5-11-28(23,30)3/h8-9,20-23,35-36H,4-7,10-19H2,1-3H3,(H,31,34)/t20?,21?,22-,23-,26?,27-,28-,29+,30+/m1/s1. The molecule has 3 unspecified atom stereocenters. The fourth-order valence-electron chi connectivity index (χ4n) is 10.2. The van der Waals surface area contributed by atoms with Gasteiger partial charge in [0.25, 0.3) is 0 Å². The first-order valence-electron chi connectivity index (χ1n) is 14.9. The van der Waals surface area contributed by atoms with E-state index in [1.54, 1.807) is 6.08 Å². The van der Waals surface area contributed by atoms with E-state index in [1.165, 1.54) is 0 Å². The minimum Gasteiger partial charge on any atom is -0.462 e. The number of esters is 1. The highest BCUT2D eigenvalue weighted by molar-refractivity contribution is 5.83. The predicted octanol–water partition coefficient (Wildman–Crippen LogP) is 3.40. The third-order valence-corrected chi connectivity index (χ3v) is 12.5. The average Bonchev–Trinajstić information content (AvgIpc) is 3.19. The molecule has 4 aliphatic carbocycles. The van der Waals surface area contributed by atoms with E-state index in [-0.39, 0.29) is 52.0 Å². The van der Waals surface area contributed by atoms with Crippen LogP contribution in [-0.4, -0.2) is 77.3 Å². The molecule has 8 nitrogen and oxygen atoms in total. The molecule has 3 N–H and O–H groups in total. The van der Waals surface area contributed by atoms with Gasteiger partial charge in [-0.25, -0.2) is 9.59 Å². The van der Waals surface area contributed by atoms with Crippen LogP contribution in [0.5, 0.6) is 0 Å². The topological polar surface area (TPSA) is 108 Å². The number of carbonyl (C=O) groups excluding carboxylic acids is 2. The second kappa shape index (κ2) is 8.93. The molecule has 4 saturated carbocycles. The molecule has 0 bridgehead atoms. The van der Waals surface area contributed by atoms with E-state index < -0.39 is 11.2 Å². The van der Waals surface area contributed by atoms with Gasteiger partial charge in [0.15, 0.2) is 0 Å². The summed E-state index contributed by atoms with van der Waals surface area (Å²) in [6.07, 6.45) is 10.9. The van der Waals surface area contributed by atoms with Crippen LogP contribution in [0, 0.1) is 34.0 Å². The predicted molar refractivity (Wildman–Crippen MR) is 141 cm³/mol. The number of hydrogen-bond donors (Lipinski definition) is 3. The number of cyclic esters (lactones) is 1. The van der Waals surface area contributed by atoms with E-state index in [1.807, 2.05) is 11.0 Å². The SMILES string of the molecule is CC1([C@H]2CC[C@]3(O)[C@@H]4CC[C@]5(O)CC(NC(=O)N6CCOCC6)CC[C@]5(C)C4CC[C@]23C)C=CC(=O)OC1. The van der Waals surface area contributed by atoms with Crippen molar-refractivity contribution in [2.45, 2.75) is 95.8 Å². The van der Waals surface area contributed by atoms with Crippen LogP contribution in [0.25, 0.3) is 0 Å². The summed E-state index contributed by atoms with van der Waals surface area (Å²) in [6, 6.07) is -0.0802. The lowest BCUT2D eigenvalue weighted by Gasteiger charge is -2.66. The average molecular weight is 531 g/mol. The summed E-state index contributed by atoms with van der Waals surface area (Å²) in [6.45, 7) is 9.46. The molecule has 0 aromatic rings. The number of rotatable bonds is 2. The van der Waals surface area contributed by atoms with Gasteiger partial charge in [0.05, 0.1) is 24.4 Å². The number of nitrogens with zero attached hydrogens (tertiary/aromatic N) is 1. The highest BCUT2D eigenvalue weighted by Crippen LogP contribution is 2.71. The number of nitrogens with one attached hydrogen (secondary N) is 1. The van der Waals surface area contributed by atoms with Gasteiger partial charge in [-0.1, -0.05) is 26.8 Å². The van der Waals surface area contributed by atoms with E-state index in [0.717, 1.165) is 44.9 Å². The van der Waals surface area contributed by atoms with Gasteiger partial charge >= 0.3 is 12.0 Å². The normalized spacial score (nSPS) is 50.4. The lowest BCUT2D eigenvalue weighted by molar-refractivity contribution is -0.253. The van der Waals surface area contributed by atoms with Crippen LogP contribution in [0.1, 0.15) is 78.6 Å². The Morgan fingerprint density at radius 2 is 1.68 bits per heavy atom. The molecular formula is C30H46N2O6. The summed E-state index contributed by atoms with van der Waals surface area (Å²) < 4.78 is 10.8. The Morgan fingerprint density at radius 1 is 0.974 bits per heavy atom. The molecular weight excluding hydrogens is 484 g/mol. The number of aliphatic hydroxyl groups is 2. The number of fused-ring (bicyclic) bond motifs is 5. The number of hydrogen-bond acceptors (Lipinski definition) is 6. The number of amides is 2. The number of ether oxygens (including phenoxy) is 2.